The molecule has 0 aromatic heterocycles. The van der Waals surface area contributed by atoms with Gasteiger partial charge in [-0.25, -0.2) is 0 Å². The molecule has 1 aromatic rings. The van der Waals surface area contributed by atoms with Crippen LogP contribution in [0.4, 0.5) is 5.69 Å². The number of aliphatic carboxylic acids is 1. The molecule has 0 aliphatic carbocycles. The average molecular weight is 463 g/mol. The normalized spacial score (nSPS) is 31.5. The van der Waals surface area contributed by atoms with E-state index in [1.165, 1.54) is 9.80 Å². The second kappa shape index (κ2) is 8.50. The Kier molecular flexibility index (Phi) is 6.04. The molecule has 0 saturated carbocycles. The predicted octanol–water partition coefficient (Wildman–Crippen LogP) is 2.09. The second-order valence-electron chi connectivity index (χ2n) is 8.60. The van der Waals surface area contributed by atoms with E-state index in [0.717, 1.165) is 0 Å². The molecule has 4 rings (SSSR count). The lowest BCUT2D eigenvalue weighted by Gasteiger charge is -2.39. The third kappa shape index (κ3) is 3.24. The summed E-state index contributed by atoms with van der Waals surface area (Å²) >= 11 is 6.01. The van der Waals surface area contributed by atoms with Crippen molar-refractivity contribution in [1.29, 1.82) is 0 Å². The minimum absolute atomic E-state index is 0.182. The number of benzene rings is 1. The number of carboxylic acid groups (broad SMARTS) is 1. The van der Waals surface area contributed by atoms with E-state index in [1.54, 1.807) is 30.3 Å². The summed E-state index contributed by atoms with van der Waals surface area (Å²) in [5, 5.41) is 20.3. The van der Waals surface area contributed by atoms with Crippen molar-refractivity contribution in [2.24, 2.45) is 11.8 Å². The summed E-state index contributed by atoms with van der Waals surface area (Å²) in [5.74, 6) is -3.88. The van der Waals surface area contributed by atoms with Gasteiger partial charge >= 0.3 is 5.97 Å². The van der Waals surface area contributed by atoms with Crippen LogP contribution >= 0.6 is 11.6 Å². The summed E-state index contributed by atoms with van der Waals surface area (Å²) in [6, 6.07) is 5.08. The molecule has 2 amide bonds. The lowest BCUT2D eigenvalue weighted by Crippen LogP contribution is -2.59. The molecule has 3 fully saturated rings. The van der Waals surface area contributed by atoms with Gasteiger partial charge in [0.2, 0.25) is 5.91 Å². The van der Waals surface area contributed by atoms with Crippen molar-refractivity contribution in [3.05, 3.63) is 41.9 Å². The number of carbonyl (C=O) groups excluding carboxylic acids is 2. The Morgan fingerprint density at radius 2 is 2.09 bits per heavy atom. The van der Waals surface area contributed by atoms with Gasteiger partial charge in [-0.1, -0.05) is 24.6 Å². The molecule has 2 bridgehead atoms. The van der Waals surface area contributed by atoms with Gasteiger partial charge in [-0.2, -0.15) is 0 Å². The van der Waals surface area contributed by atoms with Crippen LogP contribution in [0.5, 0.6) is 0 Å². The molecule has 1 aromatic carbocycles. The van der Waals surface area contributed by atoms with E-state index >= 15 is 0 Å². The number of nitrogens with zero attached hydrogens (tertiary/aromatic N) is 2. The maximum atomic E-state index is 14.1. The van der Waals surface area contributed by atoms with Gasteiger partial charge in [-0.3, -0.25) is 14.4 Å². The highest BCUT2D eigenvalue weighted by Gasteiger charge is 2.75. The molecule has 9 heteroatoms. The summed E-state index contributed by atoms with van der Waals surface area (Å²) < 4.78 is 6.20. The minimum atomic E-state index is -1.23. The molecule has 172 valence electrons. The number of aliphatic hydroxyl groups is 1. The van der Waals surface area contributed by atoms with E-state index < -0.39 is 47.5 Å². The van der Waals surface area contributed by atoms with E-state index in [-0.39, 0.29) is 19.1 Å². The molecule has 1 spiro atoms. The quantitative estimate of drug-likeness (QED) is 0.573. The topological polar surface area (TPSA) is 107 Å². The maximum absolute atomic E-state index is 14.1. The fourth-order valence-corrected chi connectivity index (χ4v) is 5.81. The SMILES string of the molecule is C=CCN(C(=O)[C@H]1N([C@@H](CC)CO)C(=O)[C@@H]2[C@@H](C(=O)O)[C@H]3CC[C@]21O3)c1ccc(Cl)cc1. The Morgan fingerprint density at radius 3 is 2.66 bits per heavy atom. The van der Waals surface area contributed by atoms with Gasteiger partial charge in [-0.05, 0) is 43.5 Å². The fourth-order valence-electron chi connectivity index (χ4n) is 5.68. The van der Waals surface area contributed by atoms with Crippen LogP contribution in [-0.4, -0.2) is 69.8 Å². The molecule has 0 radical (unpaired) electrons. The zero-order chi connectivity index (χ0) is 23.2. The summed E-state index contributed by atoms with van der Waals surface area (Å²) in [6.45, 7) is 5.41. The zero-order valence-corrected chi connectivity index (χ0v) is 18.6. The Morgan fingerprint density at radius 1 is 1.41 bits per heavy atom. The number of halogens is 1. The van der Waals surface area contributed by atoms with Gasteiger partial charge in [0, 0.05) is 17.3 Å². The lowest BCUT2D eigenvalue weighted by molar-refractivity contribution is -0.151. The molecule has 3 saturated heterocycles. The summed E-state index contributed by atoms with van der Waals surface area (Å²) in [6.07, 6.45) is 2.28. The molecular weight excluding hydrogens is 436 g/mol. The molecule has 3 aliphatic heterocycles. The molecular formula is C23H27ClN2O6. The molecule has 32 heavy (non-hydrogen) atoms. The third-order valence-corrected chi connectivity index (χ3v) is 7.30. The number of carbonyl (C=O) groups is 3. The second-order valence-corrected chi connectivity index (χ2v) is 9.03. The highest BCUT2D eigenvalue weighted by Crippen LogP contribution is 2.59. The summed E-state index contributed by atoms with van der Waals surface area (Å²) in [4.78, 5) is 42.6. The first-order valence-corrected chi connectivity index (χ1v) is 11.2. The van der Waals surface area contributed by atoms with Crippen LogP contribution in [0.2, 0.25) is 5.02 Å². The van der Waals surface area contributed by atoms with Crippen molar-refractivity contribution in [3.8, 4) is 0 Å². The van der Waals surface area contributed by atoms with Crippen molar-refractivity contribution >= 4 is 35.1 Å². The van der Waals surface area contributed by atoms with Gasteiger partial charge in [0.25, 0.3) is 5.91 Å². The Hall–Kier alpha value is -2.42. The number of ether oxygens (including phenoxy) is 1. The Bertz CT molecular complexity index is 933. The fraction of sp³-hybridized carbons (Fsp3) is 0.522. The lowest BCUT2D eigenvalue weighted by atomic mass is 9.70. The number of anilines is 1. The number of amides is 2. The highest BCUT2D eigenvalue weighted by atomic mass is 35.5. The van der Waals surface area contributed by atoms with Crippen LogP contribution in [-0.2, 0) is 19.1 Å². The van der Waals surface area contributed by atoms with Crippen LogP contribution in [0.25, 0.3) is 0 Å². The monoisotopic (exact) mass is 462 g/mol. The first kappa shape index (κ1) is 22.8. The van der Waals surface area contributed by atoms with Crippen molar-refractivity contribution in [3.63, 3.8) is 0 Å². The van der Waals surface area contributed by atoms with Crippen molar-refractivity contribution in [2.75, 3.05) is 18.1 Å². The molecule has 3 aliphatic rings. The van der Waals surface area contributed by atoms with E-state index in [2.05, 4.69) is 6.58 Å². The highest BCUT2D eigenvalue weighted by molar-refractivity contribution is 6.30. The largest absolute Gasteiger partial charge is 0.481 e. The van der Waals surface area contributed by atoms with Crippen LogP contribution in [0.1, 0.15) is 26.2 Å². The minimum Gasteiger partial charge on any atom is -0.481 e. The number of aliphatic hydroxyl groups excluding tert-OH is 1. The zero-order valence-electron chi connectivity index (χ0n) is 17.8. The van der Waals surface area contributed by atoms with Crippen molar-refractivity contribution in [2.45, 2.75) is 50.0 Å². The molecule has 8 nitrogen and oxygen atoms in total. The van der Waals surface area contributed by atoms with Gasteiger partial charge in [0.15, 0.2) is 0 Å². The standard InChI is InChI=1S/C23H27ClN2O6/c1-3-11-25(15-7-5-13(24)6-8-15)21(29)19-23-10-9-16(32-23)17(22(30)31)18(23)20(28)26(19)14(4-2)12-27/h3,5-8,14,16-19,27H,1,4,9-12H2,2H3,(H,30,31)/t14-,16+,17-,18-,19+,23-/m0/s1. The predicted molar refractivity (Wildman–Crippen MR) is 117 cm³/mol. The molecule has 0 unspecified atom stereocenters. The summed E-state index contributed by atoms with van der Waals surface area (Å²) in [7, 11) is 0. The molecule has 2 N–H and O–H groups in total. The molecule has 6 atom stereocenters. The van der Waals surface area contributed by atoms with Crippen LogP contribution in [0.3, 0.4) is 0 Å². The van der Waals surface area contributed by atoms with Crippen LogP contribution < -0.4 is 4.90 Å². The number of rotatable bonds is 8. The van der Waals surface area contributed by atoms with Gasteiger partial charge in [0.1, 0.15) is 11.6 Å². The van der Waals surface area contributed by atoms with Crippen LogP contribution in [0.15, 0.2) is 36.9 Å². The first-order valence-electron chi connectivity index (χ1n) is 10.8. The number of likely N-dealkylation sites (tertiary alicyclic amines) is 1. The van der Waals surface area contributed by atoms with Gasteiger partial charge in [0.05, 0.1) is 30.6 Å². The number of hydrogen-bond acceptors (Lipinski definition) is 5. The third-order valence-electron chi connectivity index (χ3n) is 7.05. The average Bonchev–Trinajstić information content (AvgIpc) is 3.41. The van der Waals surface area contributed by atoms with E-state index in [1.807, 2.05) is 6.92 Å². The molecule has 3 heterocycles. The summed E-state index contributed by atoms with van der Waals surface area (Å²) in [5.41, 5.74) is -0.651. The van der Waals surface area contributed by atoms with Gasteiger partial charge in [-0.15, -0.1) is 6.58 Å². The number of hydrogen-bond donors (Lipinski definition) is 2. The smallest absolute Gasteiger partial charge is 0.310 e. The number of carboxylic acids is 1. The first-order chi connectivity index (χ1) is 15.3. The number of fused-ring (bicyclic) bond motifs is 1. The van der Waals surface area contributed by atoms with E-state index in [0.29, 0.717) is 30.0 Å². The van der Waals surface area contributed by atoms with Crippen LogP contribution in [0, 0.1) is 11.8 Å². The Labute approximate surface area is 191 Å². The maximum Gasteiger partial charge on any atom is 0.310 e. The van der Waals surface area contributed by atoms with Gasteiger partial charge < -0.3 is 24.7 Å². The Balaban J connectivity index is 1.82. The van der Waals surface area contributed by atoms with Crippen molar-refractivity contribution in [1.82, 2.24) is 4.90 Å². The van der Waals surface area contributed by atoms with E-state index in [9.17, 15) is 24.6 Å². The van der Waals surface area contributed by atoms with E-state index in [4.69, 9.17) is 16.3 Å². The van der Waals surface area contributed by atoms with Crippen molar-refractivity contribution < 1.29 is 29.3 Å².